The predicted octanol–water partition coefficient (Wildman–Crippen LogP) is 1.90. The summed E-state index contributed by atoms with van der Waals surface area (Å²) in [5.74, 6) is -0.565. The molecular formula is C12H16ClNO4S. The number of rotatable bonds is 6. The summed E-state index contributed by atoms with van der Waals surface area (Å²) < 4.78 is 27.4. The highest BCUT2D eigenvalue weighted by Crippen LogP contribution is 2.22. The van der Waals surface area contributed by atoms with E-state index in [4.69, 9.17) is 22.1 Å². The zero-order chi connectivity index (χ0) is 14.5. The molecule has 1 aromatic rings. The number of anilines is 1. The predicted molar refractivity (Wildman–Crippen MR) is 75.1 cm³/mol. The lowest BCUT2D eigenvalue weighted by Crippen LogP contribution is -2.14. The third kappa shape index (κ3) is 4.72. The molecule has 5 nitrogen and oxygen atoms in total. The van der Waals surface area contributed by atoms with Crippen molar-refractivity contribution in [1.82, 2.24) is 0 Å². The zero-order valence-electron chi connectivity index (χ0n) is 10.6. The van der Waals surface area contributed by atoms with Crippen molar-refractivity contribution < 1.29 is 17.9 Å². The van der Waals surface area contributed by atoms with Gasteiger partial charge in [-0.05, 0) is 18.6 Å². The number of hydrogen-bond acceptors (Lipinski definition) is 5. The monoisotopic (exact) mass is 305 g/mol. The summed E-state index contributed by atoms with van der Waals surface area (Å²) in [4.78, 5) is 11.7. The van der Waals surface area contributed by atoms with E-state index in [1.807, 2.05) is 0 Å². The minimum Gasteiger partial charge on any atom is -0.462 e. The van der Waals surface area contributed by atoms with Crippen molar-refractivity contribution in [2.45, 2.75) is 13.3 Å². The topological polar surface area (TPSA) is 86.5 Å². The Kier molecular flexibility index (Phi) is 5.62. The maximum absolute atomic E-state index is 11.7. The first-order valence-corrected chi connectivity index (χ1v) is 7.99. The Morgan fingerprint density at radius 3 is 2.68 bits per heavy atom. The molecule has 0 spiro atoms. The number of esters is 1. The number of ether oxygens (including phenoxy) is 1. The van der Waals surface area contributed by atoms with Crippen LogP contribution in [0, 0.1) is 0 Å². The first kappa shape index (κ1) is 15.8. The Labute approximate surface area is 117 Å². The van der Waals surface area contributed by atoms with Crippen molar-refractivity contribution in [2.24, 2.45) is 0 Å². The molecule has 0 radical (unpaired) electrons. The molecule has 106 valence electrons. The third-order valence-corrected chi connectivity index (χ3v) is 4.63. The van der Waals surface area contributed by atoms with Crippen LogP contribution in [0.5, 0.6) is 0 Å². The lowest BCUT2D eigenvalue weighted by Gasteiger charge is -2.08. The van der Waals surface area contributed by atoms with Crippen LogP contribution in [0.1, 0.15) is 23.7 Å². The fraction of sp³-hybridized carbons (Fsp3) is 0.417. The summed E-state index contributed by atoms with van der Waals surface area (Å²) in [5.41, 5.74) is 5.98. The van der Waals surface area contributed by atoms with Crippen molar-refractivity contribution in [2.75, 3.05) is 23.8 Å². The number of nitrogen functional groups attached to an aromatic ring is 1. The van der Waals surface area contributed by atoms with Gasteiger partial charge in [-0.1, -0.05) is 24.6 Å². The zero-order valence-corrected chi connectivity index (χ0v) is 12.1. The molecule has 0 aliphatic heterocycles. The van der Waals surface area contributed by atoms with Crippen molar-refractivity contribution in [3.8, 4) is 0 Å². The van der Waals surface area contributed by atoms with Crippen LogP contribution in [0.15, 0.2) is 18.2 Å². The van der Waals surface area contributed by atoms with Gasteiger partial charge in [-0.3, -0.25) is 0 Å². The Morgan fingerprint density at radius 2 is 2.11 bits per heavy atom. The second-order valence-corrected chi connectivity index (χ2v) is 6.81. The standard InChI is InChI=1S/C12H16ClNO4S/c1-2-19(16,17)8-4-7-18-12(15)11-9(13)5-3-6-10(11)14/h3,5-6H,2,4,7-8,14H2,1H3. The number of sulfone groups is 1. The molecule has 0 unspecified atom stereocenters. The van der Waals surface area contributed by atoms with Crippen LogP contribution >= 0.6 is 11.6 Å². The first-order chi connectivity index (χ1) is 8.87. The molecule has 0 heterocycles. The van der Waals surface area contributed by atoms with Crippen molar-refractivity contribution in [1.29, 1.82) is 0 Å². The van der Waals surface area contributed by atoms with E-state index < -0.39 is 15.8 Å². The van der Waals surface area contributed by atoms with Gasteiger partial charge in [0.25, 0.3) is 0 Å². The summed E-state index contributed by atoms with van der Waals surface area (Å²) in [5, 5.41) is 0.214. The van der Waals surface area contributed by atoms with Crippen molar-refractivity contribution >= 4 is 33.1 Å². The first-order valence-electron chi connectivity index (χ1n) is 5.79. The van der Waals surface area contributed by atoms with E-state index in [9.17, 15) is 13.2 Å². The molecule has 0 atom stereocenters. The lowest BCUT2D eigenvalue weighted by molar-refractivity contribution is 0.0507. The van der Waals surface area contributed by atoms with Crippen LogP contribution < -0.4 is 5.73 Å². The minimum absolute atomic E-state index is 0.00517. The van der Waals surface area contributed by atoms with Crippen molar-refractivity contribution in [3.05, 3.63) is 28.8 Å². The van der Waals surface area contributed by atoms with E-state index in [0.717, 1.165) is 0 Å². The van der Waals surface area contributed by atoms with E-state index >= 15 is 0 Å². The van der Waals surface area contributed by atoms with Crippen molar-refractivity contribution in [3.63, 3.8) is 0 Å². The number of carbonyl (C=O) groups is 1. The average Bonchev–Trinajstić information content (AvgIpc) is 2.34. The summed E-state index contributed by atoms with van der Waals surface area (Å²) in [6, 6.07) is 4.71. The van der Waals surface area contributed by atoms with Gasteiger partial charge >= 0.3 is 5.97 Å². The molecule has 0 saturated heterocycles. The Bertz CT molecular complexity index is 537. The molecular weight excluding hydrogens is 290 g/mol. The largest absolute Gasteiger partial charge is 0.462 e. The molecule has 0 aromatic heterocycles. The minimum atomic E-state index is -3.04. The lowest BCUT2D eigenvalue weighted by atomic mass is 10.2. The third-order valence-electron chi connectivity index (χ3n) is 2.52. The molecule has 7 heteroatoms. The molecule has 19 heavy (non-hydrogen) atoms. The van der Waals surface area contributed by atoms with Gasteiger partial charge in [-0.2, -0.15) is 0 Å². The van der Waals surface area contributed by atoms with Crippen LogP contribution in [0.25, 0.3) is 0 Å². The smallest absolute Gasteiger partial charge is 0.341 e. The summed E-state index contributed by atoms with van der Waals surface area (Å²) in [7, 11) is -3.04. The van der Waals surface area contributed by atoms with Crippen LogP contribution in [-0.4, -0.2) is 32.5 Å². The second-order valence-electron chi connectivity index (χ2n) is 3.93. The Balaban J connectivity index is 2.53. The Morgan fingerprint density at radius 1 is 1.42 bits per heavy atom. The number of hydrogen-bond donors (Lipinski definition) is 1. The van der Waals surface area contributed by atoms with Crippen LogP contribution in [-0.2, 0) is 14.6 Å². The molecule has 0 fully saturated rings. The van der Waals surface area contributed by atoms with Gasteiger partial charge in [0.15, 0.2) is 0 Å². The van der Waals surface area contributed by atoms with Gasteiger partial charge in [0.1, 0.15) is 15.4 Å². The summed E-state index contributed by atoms with van der Waals surface area (Å²) in [6.07, 6.45) is 0.256. The van der Waals surface area contributed by atoms with Gasteiger partial charge in [0.2, 0.25) is 0 Å². The molecule has 1 rings (SSSR count). The maximum Gasteiger partial charge on any atom is 0.341 e. The van der Waals surface area contributed by atoms with E-state index in [1.165, 1.54) is 6.07 Å². The second kappa shape index (κ2) is 6.77. The van der Waals surface area contributed by atoms with Gasteiger partial charge in [-0.25, -0.2) is 13.2 Å². The van der Waals surface area contributed by atoms with Gasteiger partial charge < -0.3 is 10.5 Å². The fourth-order valence-electron chi connectivity index (χ4n) is 1.42. The van der Waals surface area contributed by atoms with E-state index in [0.29, 0.717) is 0 Å². The average molecular weight is 306 g/mol. The number of halogens is 1. The van der Waals surface area contributed by atoms with Gasteiger partial charge in [-0.15, -0.1) is 0 Å². The summed E-state index contributed by atoms with van der Waals surface area (Å²) in [6.45, 7) is 1.59. The van der Waals surface area contributed by atoms with E-state index in [-0.39, 0.29) is 40.8 Å². The van der Waals surface area contributed by atoms with E-state index in [1.54, 1.807) is 19.1 Å². The SMILES string of the molecule is CCS(=O)(=O)CCCOC(=O)c1c(N)cccc1Cl. The Hall–Kier alpha value is -1.27. The molecule has 1 aromatic carbocycles. The molecule has 0 bridgehead atoms. The van der Waals surface area contributed by atoms with Gasteiger partial charge in [0.05, 0.1) is 17.4 Å². The highest BCUT2D eigenvalue weighted by atomic mass is 35.5. The van der Waals surface area contributed by atoms with Crippen LogP contribution in [0.2, 0.25) is 5.02 Å². The van der Waals surface area contributed by atoms with Crippen LogP contribution in [0.3, 0.4) is 0 Å². The van der Waals surface area contributed by atoms with Gasteiger partial charge in [0, 0.05) is 11.4 Å². The highest BCUT2D eigenvalue weighted by molar-refractivity contribution is 7.91. The quantitative estimate of drug-likeness (QED) is 0.493. The molecule has 0 amide bonds. The molecule has 0 aliphatic rings. The summed E-state index contributed by atoms with van der Waals surface area (Å²) >= 11 is 5.86. The maximum atomic E-state index is 11.7. The molecule has 0 saturated carbocycles. The molecule has 0 aliphatic carbocycles. The number of benzene rings is 1. The fourth-order valence-corrected chi connectivity index (χ4v) is 2.52. The highest BCUT2D eigenvalue weighted by Gasteiger charge is 2.15. The van der Waals surface area contributed by atoms with Crippen LogP contribution in [0.4, 0.5) is 5.69 Å². The normalized spacial score (nSPS) is 11.3. The molecule has 2 N–H and O–H groups in total. The number of carbonyl (C=O) groups excluding carboxylic acids is 1. The van der Waals surface area contributed by atoms with E-state index in [2.05, 4.69) is 0 Å². The number of nitrogens with two attached hydrogens (primary N) is 1.